The number of hydrogen-bond donors (Lipinski definition) is 1. The van der Waals surface area contributed by atoms with E-state index in [9.17, 15) is 4.79 Å². The summed E-state index contributed by atoms with van der Waals surface area (Å²) in [6.45, 7) is 6.35. The summed E-state index contributed by atoms with van der Waals surface area (Å²) in [7, 11) is 1.40. The minimum absolute atomic E-state index is 0.0221. The standard InChI is InChI=1S/C18H20N2O2/c1-11-8-9-14(19-10-11)16-18(2,3)13-7-5-6-12(15(13)20-16)17(21)22-4/h5-10,16,20H,1-4H3/t16-/m1/s1. The number of anilines is 1. The summed E-state index contributed by atoms with van der Waals surface area (Å²) >= 11 is 0. The number of nitrogens with zero attached hydrogens (tertiary/aromatic N) is 1. The molecule has 0 unspecified atom stereocenters. The van der Waals surface area contributed by atoms with E-state index in [-0.39, 0.29) is 17.4 Å². The zero-order chi connectivity index (χ0) is 15.9. The summed E-state index contributed by atoms with van der Waals surface area (Å²) < 4.78 is 4.89. The van der Waals surface area contributed by atoms with Gasteiger partial charge >= 0.3 is 5.97 Å². The number of carbonyl (C=O) groups is 1. The van der Waals surface area contributed by atoms with Crippen molar-refractivity contribution >= 4 is 11.7 Å². The van der Waals surface area contributed by atoms with Gasteiger partial charge in [-0.05, 0) is 30.2 Å². The van der Waals surface area contributed by atoms with Crippen LogP contribution in [0.5, 0.6) is 0 Å². The molecule has 22 heavy (non-hydrogen) atoms. The first-order chi connectivity index (χ1) is 10.4. The maximum absolute atomic E-state index is 12.0. The zero-order valence-corrected chi connectivity index (χ0v) is 13.3. The third-order valence-electron chi connectivity index (χ3n) is 4.40. The number of rotatable bonds is 2. The van der Waals surface area contributed by atoms with E-state index >= 15 is 0 Å². The number of aromatic nitrogens is 1. The van der Waals surface area contributed by atoms with E-state index in [0.29, 0.717) is 5.56 Å². The quantitative estimate of drug-likeness (QED) is 0.860. The molecule has 0 aliphatic carbocycles. The average Bonchev–Trinajstić information content (AvgIpc) is 2.79. The highest BCUT2D eigenvalue weighted by molar-refractivity contribution is 5.97. The van der Waals surface area contributed by atoms with Crippen molar-refractivity contribution < 1.29 is 9.53 Å². The van der Waals surface area contributed by atoms with E-state index in [1.165, 1.54) is 7.11 Å². The van der Waals surface area contributed by atoms with Crippen molar-refractivity contribution in [1.82, 2.24) is 4.98 Å². The molecule has 0 saturated carbocycles. The Morgan fingerprint density at radius 3 is 2.68 bits per heavy atom. The number of esters is 1. The first kappa shape index (κ1) is 14.6. The number of ether oxygens (including phenoxy) is 1. The highest BCUT2D eigenvalue weighted by Crippen LogP contribution is 2.49. The fourth-order valence-electron chi connectivity index (χ4n) is 3.10. The van der Waals surface area contributed by atoms with Crippen LogP contribution < -0.4 is 5.32 Å². The summed E-state index contributed by atoms with van der Waals surface area (Å²) in [5.74, 6) is -0.322. The third-order valence-corrected chi connectivity index (χ3v) is 4.40. The average molecular weight is 296 g/mol. The molecule has 0 amide bonds. The van der Waals surface area contributed by atoms with E-state index < -0.39 is 0 Å². The van der Waals surface area contributed by atoms with Gasteiger partial charge in [-0.1, -0.05) is 32.0 Å². The summed E-state index contributed by atoms with van der Waals surface area (Å²) in [5.41, 5.74) is 4.48. The van der Waals surface area contributed by atoms with Gasteiger partial charge in [-0.15, -0.1) is 0 Å². The molecule has 0 radical (unpaired) electrons. The Morgan fingerprint density at radius 1 is 1.27 bits per heavy atom. The summed E-state index contributed by atoms with van der Waals surface area (Å²) in [6, 6.07) is 9.87. The van der Waals surface area contributed by atoms with Crippen LogP contribution in [0.15, 0.2) is 36.5 Å². The Bertz CT molecular complexity index is 720. The molecule has 0 spiro atoms. The number of pyridine rings is 1. The predicted molar refractivity (Wildman–Crippen MR) is 86.1 cm³/mol. The minimum atomic E-state index is -0.322. The van der Waals surface area contributed by atoms with Gasteiger partial charge in [0, 0.05) is 11.6 Å². The lowest BCUT2D eigenvalue weighted by Crippen LogP contribution is -2.26. The lowest BCUT2D eigenvalue weighted by atomic mass is 9.79. The molecule has 1 N–H and O–H groups in total. The second-order valence-corrected chi connectivity index (χ2v) is 6.28. The molecule has 4 nitrogen and oxygen atoms in total. The molecular weight excluding hydrogens is 276 g/mol. The number of hydrogen-bond acceptors (Lipinski definition) is 4. The van der Waals surface area contributed by atoms with Crippen molar-refractivity contribution in [3.63, 3.8) is 0 Å². The molecule has 0 bridgehead atoms. The number of methoxy groups -OCH3 is 1. The van der Waals surface area contributed by atoms with Crippen LogP contribution in [0.3, 0.4) is 0 Å². The molecule has 4 heteroatoms. The van der Waals surface area contributed by atoms with E-state index in [0.717, 1.165) is 22.5 Å². The second kappa shape index (κ2) is 5.13. The van der Waals surface area contributed by atoms with Gasteiger partial charge in [0.1, 0.15) is 0 Å². The van der Waals surface area contributed by atoms with E-state index in [2.05, 4.69) is 36.3 Å². The predicted octanol–water partition coefficient (Wildman–Crippen LogP) is 3.62. The number of carbonyl (C=O) groups excluding carboxylic acids is 1. The molecule has 0 saturated heterocycles. The van der Waals surface area contributed by atoms with Gasteiger partial charge in [-0.25, -0.2) is 4.79 Å². The second-order valence-electron chi connectivity index (χ2n) is 6.28. The zero-order valence-electron chi connectivity index (χ0n) is 13.3. The largest absolute Gasteiger partial charge is 0.465 e. The molecule has 114 valence electrons. The maximum Gasteiger partial charge on any atom is 0.339 e. The summed E-state index contributed by atoms with van der Waals surface area (Å²) in [5, 5.41) is 3.48. The first-order valence-corrected chi connectivity index (χ1v) is 7.36. The van der Waals surface area contributed by atoms with Crippen molar-refractivity contribution in [3.05, 3.63) is 58.9 Å². The van der Waals surface area contributed by atoms with Gasteiger partial charge < -0.3 is 10.1 Å². The van der Waals surface area contributed by atoms with Gasteiger partial charge in [0.25, 0.3) is 0 Å². The minimum Gasteiger partial charge on any atom is -0.465 e. The van der Waals surface area contributed by atoms with Gasteiger partial charge in [0.05, 0.1) is 30.1 Å². The lowest BCUT2D eigenvalue weighted by molar-refractivity contribution is 0.0602. The van der Waals surface area contributed by atoms with Crippen LogP contribution in [0.25, 0.3) is 0 Å². The third kappa shape index (κ3) is 2.15. The number of aryl methyl sites for hydroxylation is 1. The van der Waals surface area contributed by atoms with Gasteiger partial charge in [-0.2, -0.15) is 0 Å². The number of fused-ring (bicyclic) bond motifs is 1. The normalized spacial score (nSPS) is 18.5. The molecule has 1 atom stereocenters. The topological polar surface area (TPSA) is 51.2 Å². The summed E-state index contributed by atoms with van der Waals surface area (Å²) in [4.78, 5) is 16.5. The van der Waals surface area contributed by atoms with Crippen LogP contribution in [-0.4, -0.2) is 18.1 Å². The Morgan fingerprint density at radius 2 is 2.05 bits per heavy atom. The molecule has 3 rings (SSSR count). The summed E-state index contributed by atoms with van der Waals surface area (Å²) in [6.07, 6.45) is 1.87. The van der Waals surface area contributed by atoms with Gasteiger partial charge in [0.15, 0.2) is 0 Å². The number of para-hydroxylation sites is 1. The maximum atomic E-state index is 12.0. The van der Waals surface area contributed by atoms with Crippen molar-refractivity contribution in [2.45, 2.75) is 32.2 Å². The van der Waals surface area contributed by atoms with Crippen LogP contribution in [0.4, 0.5) is 5.69 Å². The Hall–Kier alpha value is -2.36. The van der Waals surface area contributed by atoms with Crippen molar-refractivity contribution in [3.8, 4) is 0 Å². The Balaban J connectivity index is 2.08. The van der Waals surface area contributed by atoms with Crippen LogP contribution in [-0.2, 0) is 10.2 Å². The first-order valence-electron chi connectivity index (χ1n) is 7.36. The molecule has 0 fully saturated rings. The Labute approximate surface area is 130 Å². The van der Waals surface area contributed by atoms with Crippen LogP contribution >= 0.6 is 0 Å². The Kier molecular flexibility index (Phi) is 3.39. The number of nitrogens with one attached hydrogen (secondary N) is 1. The van der Waals surface area contributed by atoms with E-state index in [4.69, 9.17) is 4.74 Å². The van der Waals surface area contributed by atoms with Crippen molar-refractivity contribution in [2.24, 2.45) is 0 Å². The monoisotopic (exact) mass is 296 g/mol. The van der Waals surface area contributed by atoms with Crippen LogP contribution in [0.2, 0.25) is 0 Å². The van der Waals surface area contributed by atoms with Gasteiger partial charge in [0.2, 0.25) is 0 Å². The van der Waals surface area contributed by atoms with Crippen molar-refractivity contribution in [1.29, 1.82) is 0 Å². The van der Waals surface area contributed by atoms with Crippen LogP contribution in [0.1, 0.15) is 47.1 Å². The van der Waals surface area contributed by atoms with E-state index in [1.807, 2.05) is 25.3 Å². The highest BCUT2D eigenvalue weighted by atomic mass is 16.5. The highest BCUT2D eigenvalue weighted by Gasteiger charge is 2.42. The lowest BCUT2D eigenvalue weighted by Gasteiger charge is -2.27. The van der Waals surface area contributed by atoms with Crippen molar-refractivity contribution in [2.75, 3.05) is 12.4 Å². The molecule has 1 aromatic carbocycles. The molecule has 1 aliphatic rings. The molecule has 1 aliphatic heterocycles. The fourth-order valence-corrected chi connectivity index (χ4v) is 3.10. The molecule has 2 heterocycles. The van der Waals surface area contributed by atoms with E-state index in [1.54, 1.807) is 6.07 Å². The smallest absolute Gasteiger partial charge is 0.339 e. The molecular formula is C18H20N2O2. The molecule has 2 aromatic rings. The van der Waals surface area contributed by atoms with Gasteiger partial charge in [-0.3, -0.25) is 4.98 Å². The number of benzene rings is 1. The SMILES string of the molecule is COC(=O)c1cccc2c1N[C@H](c1ccc(C)cn1)C2(C)C. The fraction of sp³-hybridized carbons (Fsp3) is 0.333. The van der Waals surface area contributed by atoms with Crippen LogP contribution in [0, 0.1) is 6.92 Å². The molecule has 1 aromatic heterocycles.